The number of hydrogen-bond acceptors (Lipinski definition) is 3. The lowest BCUT2D eigenvalue weighted by Gasteiger charge is -2.31. The average Bonchev–Trinajstić information content (AvgIpc) is 3.67. The summed E-state index contributed by atoms with van der Waals surface area (Å²) < 4.78 is 0. The van der Waals surface area contributed by atoms with E-state index in [1.54, 1.807) is 6.08 Å². The van der Waals surface area contributed by atoms with E-state index in [2.05, 4.69) is 116 Å². The molecule has 1 aromatic heterocycles. The number of thiophene rings is 1. The van der Waals surface area contributed by atoms with E-state index in [0.29, 0.717) is 5.46 Å². The SMILES string of the molecule is C=CC.OB(O)c1cccc2c1-c1ccccc1C21c2ccccc2-c2c(-c3ccccc3)sc(-c3ccccc3)c21. The van der Waals surface area contributed by atoms with Crippen molar-refractivity contribution >= 4 is 23.9 Å². The van der Waals surface area contributed by atoms with E-state index in [1.165, 1.54) is 48.7 Å². The maximum atomic E-state index is 10.5. The number of allylic oxidation sites excluding steroid dienone is 1. The summed E-state index contributed by atoms with van der Waals surface area (Å²) in [5, 5.41) is 21.0. The van der Waals surface area contributed by atoms with Crippen LogP contribution >= 0.6 is 11.3 Å². The van der Waals surface area contributed by atoms with Gasteiger partial charge in [0.25, 0.3) is 0 Å². The molecule has 0 saturated carbocycles. The van der Waals surface area contributed by atoms with E-state index >= 15 is 0 Å². The molecule has 1 heterocycles. The van der Waals surface area contributed by atoms with Crippen molar-refractivity contribution in [3.63, 3.8) is 0 Å². The van der Waals surface area contributed by atoms with Gasteiger partial charge in [0.1, 0.15) is 0 Å². The van der Waals surface area contributed by atoms with Crippen molar-refractivity contribution in [2.24, 2.45) is 0 Å². The topological polar surface area (TPSA) is 40.5 Å². The molecule has 0 saturated heterocycles. The molecule has 5 aromatic carbocycles. The maximum Gasteiger partial charge on any atom is 0.489 e. The summed E-state index contributed by atoms with van der Waals surface area (Å²) in [4.78, 5) is 2.51. The molecular formula is C38H29BO2S. The third-order valence-corrected chi connectivity index (χ3v) is 9.62. The second-order valence-electron chi connectivity index (χ2n) is 10.6. The van der Waals surface area contributed by atoms with E-state index in [1.807, 2.05) is 36.5 Å². The minimum atomic E-state index is -1.56. The highest BCUT2D eigenvalue weighted by Gasteiger charge is 2.55. The number of hydrogen-bond donors (Lipinski definition) is 2. The number of fused-ring (bicyclic) bond motifs is 10. The van der Waals surface area contributed by atoms with Crippen LogP contribution in [0.2, 0.25) is 0 Å². The van der Waals surface area contributed by atoms with Crippen LogP contribution in [0, 0.1) is 0 Å². The van der Waals surface area contributed by atoms with Crippen molar-refractivity contribution in [3.05, 3.63) is 162 Å². The lowest BCUT2D eigenvalue weighted by molar-refractivity contribution is 0.426. The Morgan fingerprint density at radius 2 is 1.07 bits per heavy atom. The molecule has 8 rings (SSSR count). The van der Waals surface area contributed by atoms with Gasteiger partial charge in [-0.05, 0) is 62.5 Å². The van der Waals surface area contributed by atoms with Gasteiger partial charge in [0.05, 0.1) is 5.41 Å². The lowest BCUT2D eigenvalue weighted by atomic mass is 9.68. The van der Waals surface area contributed by atoms with E-state index < -0.39 is 12.5 Å². The molecule has 4 heteroatoms. The average molecular weight is 561 g/mol. The first-order valence-corrected chi connectivity index (χ1v) is 15.0. The molecular weight excluding hydrogens is 531 g/mol. The molecule has 2 aliphatic rings. The van der Waals surface area contributed by atoms with Crippen LogP contribution in [-0.2, 0) is 5.41 Å². The van der Waals surface area contributed by atoms with Crippen LogP contribution in [0.5, 0.6) is 0 Å². The number of rotatable bonds is 3. The van der Waals surface area contributed by atoms with Gasteiger partial charge in [-0.2, -0.15) is 0 Å². The Labute approximate surface area is 251 Å². The summed E-state index contributed by atoms with van der Waals surface area (Å²) >= 11 is 1.85. The Balaban J connectivity index is 0.000000923. The van der Waals surface area contributed by atoms with Crippen molar-refractivity contribution < 1.29 is 10.0 Å². The van der Waals surface area contributed by atoms with Gasteiger partial charge < -0.3 is 10.0 Å². The van der Waals surface area contributed by atoms with Crippen molar-refractivity contribution in [1.29, 1.82) is 0 Å². The van der Waals surface area contributed by atoms with Crippen LogP contribution in [0.4, 0.5) is 0 Å². The van der Waals surface area contributed by atoms with E-state index in [9.17, 15) is 10.0 Å². The second-order valence-corrected chi connectivity index (χ2v) is 11.7. The quantitative estimate of drug-likeness (QED) is 0.169. The highest BCUT2D eigenvalue weighted by molar-refractivity contribution is 7.19. The highest BCUT2D eigenvalue weighted by atomic mass is 32.1. The fourth-order valence-corrected chi connectivity index (χ4v) is 8.31. The fourth-order valence-electron chi connectivity index (χ4n) is 6.93. The molecule has 1 atom stereocenters. The van der Waals surface area contributed by atoms with Gasteiger partial charge in [-0.1, -0.05) is 133 Å². The molecule has 0 bridgehead atoms. The Bertz CT molecular complexity index is 1940. The van der Waals surface area contributed by atoms with Gasteiger partial charge in [-0.25, -0.2) is 0 Å². The summed E-state index contributed by atoms with van der Waals surface area (Å²) in [5.41, 5.74) is 11.7. The molecule has 2 N–H and O–H groups in total. The molecule has 0 aliphatic heterocycles. The lowest BCUT2D eigenvalue weighted by Crippen LogP contribution is -2.33. The van der Waals surface area contributed by atoms with Crippen LogP contribution < -0.4 is 5.46 Å². The van der Waals surface area contributed by atoms with Gasteiger partial charge in [-0.15, -0.1) is 17.9 Å². The summed E-state index contributed by atoms with van der Waals surface area (Å²) in [6.45, 7) is 5.25. The number of benzene rings is 5. The monoisotopic (exact) mass is 560 g/mol. The Hall–Kier alpha value is -4.48. The molecule has 0 amide bonds. The minimum Gasteiger partial charge on any atom is -0.423 e. The molecule has 2 aliphatic carbocycles. The summed E-state index contributed by atoms with van der Waals surface area (Å²) in [7, 11) is -1.56. The van der Waals surface area contributed by atoms with E-state index in [-0.39, 0.29) is 0 Å². The Kier molecular flexibility index (Phi) is 6.55. The summed E-state index contributed by atoms with van der Waals surface area (Å²) in [6.07, 6.45) is 1.75. The zero-order valence-electron chi connectivity index (χ0n) is 23.3. The zero-order valence-corrected chi connectivity index (χ0v) is 24.1. The first kappa shape index (κ1) is 26.4. The van der Waals surface area contributed by atoms with E-state index in [4.69, 9.17) is 0 Å². The molecule has 0 radical (unpaired) electrons. The molecule has 42 heavy (non-hydrogen) atoms. The largest absolute Gasteiger partial charge is 0.489 e. The standard InChI is InChI=1S/C35H23BO2S.C3H6/c37-36(38)29-21-11-20-28-30(29)24-16-7-9-18-26(24)35(28)27-19-10-8-17-25(27)31-32(35)34(23-14-5-2-6-15-23)39-33(31)22-12-3-1-4-13-22;1-3-2/h1-21,37-38H;3H,1H2,2H3. The van der Waals surface area contributed by atoms with Gasteiger partial charge >= 0.3 is 7.12 Å². The zero-order chi connectivity index (χ0) is 28.8. The predicted molar refractivity (Wildman–Crippen MR) is 177 cm³/mol. The predicted octanol–water partition coefficient (Wildman–Crippen LogP) is 8.30. The van der Waals surface area contributed by atoms with Gasteiger partial charge in [0.15, 0.2) is 0 Å². The maximum absolute atomic E-state index is 10.5. The van der Waals surface area contributed by atoms with Crippen LogP contribution in [0.1, 0.15) is 29.2 Å². The molecule has 1 spiro atoms. The Morgan fingerprint density at radius 3 is 1.64 bits per heavy atom. The first-order chi connectivity index (χ1) is 20.6. The summed E-state index contributed by atoms with van der Waals surface area (Å²) in [5.74, 6) is 0. The van der Waals surface area contributed by atoms with Gasteiger partial charge in [-0.3, -0.25) is 0 Å². The fraction of sp³-hybridized carbons (Fsp3) is 0.0526. The third kappa shape index (κ3) is 3.66. The second kappa shape index (κ2) is 10.4. The van der Waals surface area contributed by atoms with Gasteiger partial charge in [0, 0.05) is 15.3 Å². The van der Waals surface area contributed by atoms with Crippen molar-refractivity contribution in [2.45, 2.75) is 12.3 Å². The Morgan fingerprint density at radius 1 is 0.595 bits per heavy atom. The van der Waals surface area contributed by atoms with Crippen LogP contribution in [0.3, 0.4) is 0 Å². The van der Waals surface area contributed by atoms with Crippen LogP contribution in [0.25, 0.3) is 43.1 Å². The van der Waals surface area contributed by atoms with Crippen LogP contribution in [-0.4, -0.2) is 17.2 Å². The van der Waals surface area contributed by atoms with Crippen molar-refractivity contribution in [3.8, 4) is 43.1 Å². The minimum absolute atomic E-state index is 0.544. The first-order valence-electron chi connectivity index (χ1n) is 14.2. The van der Waals surface area contributed by atoms with E-state index in [0.717, 1.165) is 16.7 Å². The summed E-state index contributed by atoms with van der Waals surface area (Å²) in [6, 6.07) is 44.6. The molecule has 1 unspecified atom stereocenters. The molecule has 6 aromatic rings. The molecule has 0 fully saturated rings. The molecule has 2 nitrogen and oxygen atoms in total. The molecule has 202 valence electrons. The smallest absolute Gasteiger partial charge is 0.423 e. The van der Waals surface area contributed by atoms with Crippen molar-refractivity contribution in [1.82, 2.24) is 0 Å². The van der Waals surface area contributed by atoms with Crippen LogP contribution in [0.15, 0.2) is 140 Å². The highest BCUT2D eigenvalue weighted by Crippen LogP contribution is 2.67. The third-order valence-electron chi connectivity index (χ3n) is 8.33. The normalized spacial score (nSPS) is 15.2. The van der Waals surface area contributed by atoms with Crippen molar-refractivity contribution in [2.75, 3.05) is 0 Å². The van der Waals surface area contributed by atoms with Gasteiger partial charge in [0.2, 0.25) is 0 Å².